The van der Waals surface area contributed by atoms with Gasteiger partial charge in [0.2, 0.25) is 12.0 Å². The third-order valence-electron chi connectivity index (χ3n) is 8.81. The molecule has 0 unspecified atom stereocenters. The summed E-state index contributed by atoms with van der Waals surface area (Å²) in [5.74, 6) is 1.12. The molecular weight excluding hydrogens is 728 g/mol. The molecule has 0 amide bonds. The quantitative estimate of drug-likeness (QED) is 0.116. The maximum atomic E-state index is 12.8. The molecule has 0 aliphatic rings. The fourth-order valence-corrected chi connectivity index (χ4v) is 6.96. The standard InChI is InChI=1S/C41H33ClN4O7S/c1-23-28(15-16-30(47)37(23)42)35-36-34(21-44-38(35)25-10-8-11-27(19-25)50-2)54-46-40(36)53-33(41(48)49)20-24-9-4-6-13-31(24)52-22-26-17-18-43-39(45-26)29-12-5-7-14-32(29)51-3/h4-19,21,33,47H,20,22H2,1-3H3,(H,48,49)/t33-/m1/s1. The van der Waals surface area contributed by atoms with Crippen molar-refractivity contribution in [1.29, 1.82) is 0 Å². The van der Waals surface area contributed by atoms with Gasteiger partial charge in [-0.3, -0.25) is 4.98 Å². The summed E-state index contributed by atoms with van der Waals surface area (Å²) in [6.45, 7) is 1.90. The van der Waals surface area contributed by atoms with E-state index in [1.807, 2.05) is 60.7 Å². The lowest BCUT2D eigenvalue weighted by molar-refractivity contribution is -0.145. The monoisotopic (exact) mass is 760 g/mol. The van der Waals surface area contributed by atoms with E-state index in [9.17, 15) is 15.0 Å². The number of methoxy groups -OCH3 is 2. The molecule has 3 heterocycles. The van der Waals surface area contributed by atoms with Crippen LogP contribution in [0.15, 0.2) is 103 Å². The molecule has 272 valence electrons. The number of aliphatic carboxylic acids is 1. The lowest BCUT2D eigenvalue weighted by Gasteiger charge is -2.18. The molecule has 13 heteroatoms. The van der Waals surface area contributed by atoms with Crippen molar-refractivity contribution in [3.63, 3.8) is 0 Å². The Bertz CT molecular complexity index is 2490. The summed E-state index contributed by atoms with van der Waals surface area (Å²) in [6, 6.07) is 27.1. The molecule has 0 bridgehead atoms. The van der Waals surface area contributed by atoms with E-state index in [0.717, 1.165) is 22.7 Å². The number of aromatic nitrogens is 4. The summed E-state index contributed by atoms with van der Waals surface area (Å²) in [5.41, 5.74) is 5.19. The Morgan fingerprint density at radius 1 is 0.907 bits per heavy atom. The van der Waals surface area contributed by atoms with Crippen LogP contribution in [0.5, 0.6) is 28.9 Å². The number of hydrogen-bond donors (Lipinski definition) is 2. The number of carbonyl (C=O) groups is 1. The normalized spacial score (nSPS) is 11.6. The predicted octanol–water partition coefficient (Wildman–Crippen LogP) is 8.82. The van der Waals surface area contributed by atoms with Gasteiger partial charge in [-0.05, 0) is 77.6 Å². The van der Waals surface area contributed by atoms with Crippen LogP contribution in [-0.4, -0.2) is 55.8 Å². The molecule has 0 saturated carbocycles. The van der Waals surface area contributed by atoms with Crippen molar-refractivity contribution in [2.45, 2.75) is 26.1 Å². The summed E-state index contributed by atoms with van der Waals surface area (Å²) in [5, 5.41) is 21.6. The predicted molar refractivity (Wildman–Crippen MR) is 207 cm³/mol. The first-order chi connectivity index (χ1) is 26.2. The van der Waals surface area contributed by atoms with Gasteiger partial charge in [0.25, 0.3) is 0 Å². The number of phenols is 1. The SMILES string of the molecule is COc1cccc(-c2ncc3snc(O[C@H](Cc4ccccc4OCc4ccnc(-c5ccccc5OC)n4)C(=O)O)c3c2-c2ccc(O)c(Cl)c2C)c1. The summed E-state index contributed by atoms with van der Waals surface area (Å²) < 4.78 is 28.7. The van der Waals surface area contributed by atoms with Gasteiger partial charge in [-0.25, -0.2) is 14.8 Å². The van der Waals surface area contributed by atoms with Gasteiger partial charge < -0.3 is 29.2 Å². The average molecular weight is 761 g/mol. The van der Waals surface area contributed by atoms with E-state index < -0.39 is 12.1 Å². The zero-order valence-electron chi connectivity index (χ0n) is 29.3. The first-order valence-electron chi connectivity index (χ1n) is 16.7. The van der Waals surface area contributed by atoms with Crippen LogP contribution in [0.1, 0.15) is 16.8 Å². The van der Waals surface area contributed by atoms with E-state index in [4.69, 9.17) is 35.5 Å². The van der Waals surface area contributed by atoms with Crippen molar-refractivity contribution in [2.75, 3.05) is 14.2 Å². The van der Waals surface area contributed by atoms with E-state index in [-0.39, 0.29) is 29.7 Å². The number of phenolic OH excluding ortho intramolecular Hbond substituents is 1. The highest BCUT2D eigenvalue weighted by atomic mass is 35.5. The lowest BCUT2D eigenvalue weighted by atomic mass is 9.93. The van der Waals surface area contributed by atoms with Gasteiger partial charge in [0.1, 0.15) is 29.6 Å². The molecule has 7 rings (SSSR count). The molecule has 0 radical (unpaired) electrons. The highest BCUT2D eigenvalue weighted by Gasteiger charge is 2.28. The number of benzene rings is 4. The van der Waals surface area contributed by atoms with Crippen LogP contribution in [0, 0.1) is 6.92 Å². The van der Waals surface area contributed by atoms with E-state index in [1.165, 1.54) is 6.07 Å². The van der Waals surface area contributed by atoms with Crippen molar-refractivity contribution in [3.05, 3.63) is 125 Å². The van der Waals surface area contributed by atoms with E-state index in [2.05, 4.69) is 14.3 Å². The molecule has 2 N–H and O–H groups in total. The minimum Gasteiger partial charge on any atom is -0.506 e. The molecule has 0 saturated heterocycles. The zero-order chi connectivity index (χ0) is 37.8. The first kappa shape index (κ1) is 36.1. The fourth-order valence-electron chi connectivity index (χ4n) is 6.10. The van der Waals surface area contributed by atoms with Gasteiger partial charge >= 0.3 is 5.97 Å². The number of nitrogens with zero attached hydrogens (tertiary/aromatic N) is 4. The van der Waals surface area contributed by atoms with Crippen LogP contribution >= 0.6 is 23.1 Å². The van der Waals surface area contributed by atoms with Gasteiger partial charge in [-0.2, -0.15) is 4.37 Å². The number of carboxylic acid groups (broad SMARTS) is 1. The first-order valence-corrected chi connectivity index (χ1v) is 17.9. The molecule has 0 fully saturated rings. The third-order valence-corrected chi connectivity index (χ3v) is 10.0. The maximum Gasteiger partial charge on any atom is 0.345 e. The van der Waals surface area contributed by atoms with Crippen molar-refractivity contribution in [1.82, 2.24) is 19.3 Å². The van der Waals surface area contributed by atoms with Crippen molar-refractivity contribution in [2.24, 2.45) is 0 Å². The van der Waals surface area contributed by atoms with Crippen LogP contribution in [0.4, 0.5) is 0 Å². The molecule has 0 aliphatic heterocycles. The topological polar surface area (TPSA) is 146 Å². The highest BCUT2D eigenvalue weighted by Crippen LogP contribution is 2.46. The van der Waals surface area contributed by atoms with Gasteiger partial charge in [0.15, 0.2) is 5.82 Å². The number of aromatic hydroxyl groups is 1. The second-order valence-electron chi connectivity index (χ2n) is 12.1. The number of halogens is 1. The Hall–Kier alpha value is -6.24. The third kappa shape index (κ3) is 7.34. The molecular formula is C41H33ClN4O7S. The Morgan fingerprint density at radius 2 is 1.70 bits per heavy atom. The minimum atomic E-state index is -1.35. The van der Waals surface area contributed by atoms with Gasteiger partial charge in [-0.15, -0.1) is 0 Å². The fraction of sp³-hybridized carbons (Fsp3) is 0.146. The number of carboxylic acids is 1. The highest BCUT2D eigenvalue weighted by molar-refractivity contribution is 7.13. The van der Waals surface area contributed by atoms with Gasteiger partial charge in [-0.1, -0.05) is 60.1 Å². The minimum absolute atomic E-state index is 0.0337. The molecule has 11 nitrogen and oxygen atoms in total. The summed E-state index contributed by atoms with van der Waals surface area (Å²) in [7, 11) is 3.18. The summed E-state index contributed by atoms with van der Waals surface area (Å²) >= 11 is 7.69. The second kappa shape index (κ2) is 15.8. The Morgan fingerprint density at radius 3 is 2.50 bits per heavy atom. The number of ether oxygens (including phenoxy) is 4. The number of rotatable bonds is 13. The number of pyridine rings is 1. The number of fused-ring (bicyclic) bond motifs is 1. The summed E-state index contributed by atoms with van der Waals surface area (Å²) in [6.07, 6.45) is 1.96. The van der Waals surface area contributed by atoms with E-state index in [1.54, 1.807) is 57.8 Å². The van der Waals surface area contributed by atoms with E-state index >= 15 is 0 Å². The number of para-hydroxylation sites is 2. The molecule has 54 heavy (non-hydrogen) atoms. The second-order valence-corrected chi connectivity index (χ2v) is 13.3. The van der Waals surface area contributed by atoms with Crippen LogP contribution in [0.3, 0.4) is 0 Å². The molecule has 7 aromatic rings. The van der Waals surface area contributed by atoms with Gasteiger partial charge in [0.05, 0.1) is 46.3 Å². The maximum absolute atomic E-state index is 12.8. The molecule has 0 spiro atoms. The Balaban J connectivity index is 1.22. The molecule has 3 aromatic heterocycles. The van der Waals surface area contributed by atoms with E-state index in [0.29, 0.717) is 66.8 Å². The lowest BCUT2D eigenvalue weighted by Crippen LogP contribution is -2.29. The molecule has 1 atom stereocenters. The van der Waals surface area contributed by atoms with Crippen molar-refractivity contribution in [3.8, 4) is 62.7 Å². The smallest absolute Gasteiger partial charge is 0.345 e. The largest absolute Gasteiger partial charge is 0.506 e. The Kier molecular flexibility index (Phi) is 10.6. The van der Waals surface area contributed by atoms with Crippen LogP contribution in [0.25, 0.3) is 43.9 Å². The van der Waals surface area contributed by atoms with Gasteiger partial charge in [0, 0.05) is 29.9 Å². The number of hydrogen-bond acceptors (Lipinski definition) is 11. The van der Waals surface area contributed by atoms with Crippen LogP contribution < -0.4 is 18.9 Å². The van der Waals surface area contributed by atoms with Crippen molar-refractivity contribution >= 4 is 39.2 Å². The zero-order valence-corrected chi connectivity index (χ0v) is 30.9. The van der Waals surface area contributed by atoms with Crippen LogP contribution in [0.2, 0.25) is 5.02 Å². The summed E-state index contributed by atoms with van der Waals surface area (Å²) in [4.78, 5) is 26.7. The Labute approximate surface area is 319 Å². The molecule has 0 aliphatic carbocycles. The molecule has 4 aromatic carbocycles. The average Bonchev–Trinajstić information content (AvgIpc) is 3.62. The van der Waals surface area contributed by atoms with Crippen LogP contribution in [-0.2, 0) is 17.8 Å². The van der Waals surface area contributed by atoms with Crippen molar-refractivity contribution < 1.29 is 34.0 Å².